The molecule has 0 N–H and O–H groups in total. The molecular formula is C16H14F5N3. The number of allylic oxidation sites excluding steroid dienone is 6. The Bertz CT molecular complexity index is 809. The Morgan fingerprint density at radius 1 is 1.08 bits per heavy atom. The van der Waals surface area contributed by atoms with Crippen LogP contribution in [-0.4, -0.2) is 22.1 Å². The van der Waals surface area contributed by atoms with Gasteiger partial charge in [0, 0.05) is 12.4 Å². The standard InChI is InChI=1S/C15H11F4N3.CH3F/c1-3-4-5-9(17)10(8(2)16)11-12(18)13-15(22-14(11)19)21-7-6-20-13;1-2/h3-7H,1-2H3;1H3/b4-3-,9-5+,10-8-;. The van der Waals surface area contributed by atoms with Gasteiger partial charge in [-0.25, -0.2) is 23.1 Å². The largest absolute Gasteiger partial charge is 0.255 e. The van der Waals surface area contributed by atoms with Gasteiger partial charge in [-0.05, 0) is 19.9 Å². The highest BCUT2D eigenvalue weighted by Crippen LogP contribution is 2.33. The van der Waals surface area contributed by atoms with Gasteiger partial charge in [-0.1, -0.05) is 12.2 Å². The van der Waals surface area contributed by atoms with Gasteiger partial charge in [0.05, 0.1) is 18.3 Å². The normalized spacial score (nSPS) is 12.9. The first kappa shape index (κ1) is 19.4. The fourth-order valence-corrected chi connectivity index (χ4v) is 1.86. The van der Waals surface area contributed by atoms with Crippen LogP contribution >= 0.6 is 0 Å². The van der Waals surface area contributed by atoms with E-state index in [1.807, 2.05) is 0 Å². The fraction of sp³-hybridized carbons (Fsp3) is 0.188. The Morgan fingerprint density at radius 2 is 1.71 bits per heavy atom. The van der Waals surface area contributed by atoms with Gasteiger partial charge in [0.15, 0.2) is 11.5 Å². The van der Waals surface area contributed by atoms with E-state index in [4.69, 9.17) is 0 Å². The summed E-state index contributed by atoms with van der Waals surface area (Å²) >= 11 is 0. The maximum atomic E-state index is 14.4. The van der Waals surface area contributed by atoms with E-state index >= 15 is 0 Å². The Labute approximate surface area is 135 Å². The Hall–Kier alpha value is -2.64. The summed E-state index contributed by atoms with van der Waals surface area (Å²) in [7, 11) is 0.500. The summed E-state index contributed by atoms with van der Waals surface area (Å²) in [5.74, 6) is -4.78. The number of halogens is 5. The first-order valence-corrected chi connectivity index (χ1v) is 6.66. The number of hydrogen-bond acceptors (Lipinski definition) is 3. The summed E-state index contributed by atoms with van der Waals surface area (Å²) in [6, 6.07) is 0. The van der Waals surface area contributed by atoms with Crippen molar-refractivity contribution >= 4 is 16.7 Å². The summed E-state index contributed by atoms with van der Waals surface area (Å²) in [4.78, 5) is 10.7. The van der Waals surface area contributed by atoms with E-state index in [1.54, 1.807) is 6.92 Å². The van der Waals surface area contributed by atoms with Crippen LogP contribution in [0.4, 0.5) is 22.0 Å². The third-order valence-electron chi connectivity index (χ3n) is 2.78. The molecule has 2 heterocycles. The van der Waals surface area contributed by atoms with Crippen molar-refractivity contribution in [2.24, 2.45) is 0 Å². The van der Waals surface area contributed by atoms with Gasteiger partial charge >= 0.3 is 0 Å². The molecule has 0 radical (unpaired) electrons. The first-order valence-electron chi connectivity index (χ1n) is 6.66. The molecule has 24 heavy (non-hydrogen) atoms. The first-order chi connectivity index (χ1) is 11.5. The number of nitrogens with zero attached hydrogens (tertiary/aromatic N) is 3. The van der Waals surface area contributed by atoms with Gasteiger partial charge in [-0.2, -0.15) is 9.37 Å². The molecule has 0 atom stereocenters. The van der Waals surface area contributed by atoms with Crippen molar-refractivity contribution in [3.63, 3.8) is 0 Å². The zero-order valence-electron chi connectivity index (χ0n) is 13.1. The zero-order valence-corrected chi connectivity index (χ0v) is 13.1. The Kier molecular flexibility index (Phi) is 7.16. The van der Waals surface area contributed by atoms with Crippen molar-refractivity contribution in [1.29, 1.82) is 0 Å². The quantitative estimate of drug-likeness (QED) is 0.446. The number of fused-ring (bicyclic) bond motifs is 1. The lowest BCUT2D eigenvalue weighted by molar-refractivity contribution is 0.546. The van der Waals surface area contributed by atoms with Crippen LogP contribution in [0, 0.1) is 11.8 Å². The minimum Gasteiger partial charge on any atom is -0.255 e. The van der Waals surface area contributed by atoms with Gasteiger partial charge in [-0.15, -0.1) is 0 Å². The van der Waals surface area contributed by atoms with Crippen LogP contribution < -0.4 is 0 Å². The van der Waals surface area contributed by atoms with Crippen LogP contribution in [0.2, 0.25) is 0 Å². The van der Waals surface area contributed by atoms with Gasteiger partial charge < -0.3 is 0 Å². The molecule has 0 saturated carbocycles. The molecule has 0 aliphatic heterocycles. The summed E-state index contributed by atoms with van der Waals surface area (Å²) in [6.45, 7) is 2.52. The molecule has 0 unspecified atom stereocenters. The van der Waals surface area contributed by atoms with E-state index < -0.39 is 34.6 Å². The van der Waals surface area contributed by atoms with Crippen LogP contribution in [0.25, 0.3) is 16.7 Å². The molecule has 128 valence electrons. The number of aromatic nitrogens is 3. The highest BCUT2D eigenvalue weighted by Gasteiger charge is 2.24. The van der Waals surface area contributed by atoms with Gasteiger partial charge in [0.2, 0.25) is 5.95 Å². The lowest BCUT2D eigenvalue weighted by Crippen LogP contribution is -2.04. The zero-order chi connectivity index (χ0) is 18.3. The average molecular weight is 343 g/mol. The highest BCUT2D eigenvalue weighted by atomic mass is 19.2. The second-order valence-electron chi connectivity index (χ2n) is 4.27. The third-order valence-corrected chi connectivity index (χ3v) is 2.78. The molecule has 0 fully saturated rings. The molecule has 0 bridgehead atoms. The smallest absolute Gasteiger partial charge is 0.226 e. The number of pyridine rings is 1. The molecule has 0 aromatic carbocycles. The molecule has 0 amide bonds. The summed E-state index contributed by atoms with van der Waals surface area (Å²) < 4.78 is 65.7. The van der Waals surface area contributed by atoms with Crippen molar-refractivity contribution in [1.82, 2.24) is 15.0 Å². The molecule has 2 aromatic heterocycles. The lowest BCUT2D eigenvalue weighted by Gasteiger charge is -2.09. The SMILES string of the molecule is CF.C\C=C/C=C(F)\C(=C(/C)F)c1c(F)nc2nccnc2c1F. The number of rotatable bonds is 3. The van der Waals surface area contributed by atoms with Gasteiger partial charge in [0.1, 0.15) is 17.2 Å². The monoisotopic (exact) mass is 343 g/mol. The molecule has 3 nitrogen and oxygen atoms in total. The molecule has 8 heteroatoms. The predicted molar refractivity (Wildman–Crippen MR) is 82.0 cm³/mol. The van der Waals surface area contributed by atoms with E-state index in [2.05, 4.69) is 15.0 Å². The molecule has 2 aromatic rings. The van der Waals surface area contributed by atoms with Crippen LogP contribution in [-0.2, 0) is 0 Å². The van der Waals surface area contributed by atoms with Crippen LogP contribution in [0.3, 0.4) is 0 Å². The summed E-state index contributed by atoms with van der Waals surface area (Å²) in [5, 5.41) is 0. The predicted octanol–water partition coefficient (Wildman–Crippen LogP) is 5.02. The number of hydrogen-bond donors (Lipinski definition) is 0. The second kappa shape index (κ2) is 8.85. The van der Waals surface area contributed by atoms with Crippen LogP contribution in [0.5, 0.6) is 0 Å². The van der Waals surface area contributed by atoms with Crippen molar-refractivity contribution < 1.29 is 22.0 Å². The van der Waals surface area contributed by atoms with Gasteiger partial charge in [0.25, 0.3) is 0 Å². The summed E-state index contributed by atoms with van der Waals surface area (Å²) in [5.41, 5.74) is -2.40. The Balaban J connectivity index is 0.00000139. The third kappa shape index (κ3) is 4.01. The van der Waals surface area contributed by atoms with E-state index in [1.165, 1.54) is 24.5 Å². The van der Waals surface area contributed by atoms with E-state index in [0.717, 1.165) is 13.0 Å². The lowest BCUT2D eigenvalue weighted by atomic mass is 10.0. The van der Waals surface area contributed by atoms with Crippen molar-refractivity contribution in [2.45, 2.75) is 13.8 Å². The molecule has 0 aliphatic carbocycles. The molecule has 0 aliphatic rings. The minimum absolute atomic E-state index is 0.282. The van der Waals surface area contributed by atoms with Crippen molar-refractivity contribution in [2.75, 3.05) is 7.18 Å². The fourth-order valence-electron chi connectivity index (χ4n) is 1.86. The second-order valence-corrected chi connectivity index (χ2v) is 4.27. The maximum absolute atomic E-state index is 14.4. The summed E-state index contributed by atoms with van der Waals surface area (Å²) in [6.07, 6.45) is 6.05. The molecule has 0 saturated heterocycles. The maximum Gasteiger partial charge on any atom is 0.226 e. The topological polar surface area (TPSA) is 38.7 Å². The van der Waals surface area contributed by atoms with E-state index in [-0.39, 0.29) is 11.2 Å². The van der Waals surface area contributed by atoms with Crippen LogP contribution in [0.15, 0.2) is 42.3 Å². The molecule has 0 spiro atoms. The Morgan fingerprint density at radius 3 is 2.29 bits per heavy atom. The minimum atomic E-state index is -1.36. The van der Waals surface area contributed by atoms with Crippen molar-refractivity contribution in [3.05, 3.63) is 59.6 Å². The molecule has 2 rings (SSSR count). The highest BCUT2D eigenvalue weighted by molar-refractivity contribution is 5.84. The molecular weight excluding hydrogens is 329 g/mol. The van der Waals surface area contributed by atoms with E-state index in [0.29, 0.717) is 7.18 Å². The average Bonchev–Trinajstić information content (AvgIpc) is 2.57. The van der Waals surface area contributed by atoms with Crippen molar-refractivity contribution in [3.8, 4) is 0 Å². The van der Waals surface area contributed by atoms with E-state index in [9.17, 15) is 22.0 Å². The van der Waals surface area contributed by atoms with Gasteiger partial charge in [-0.3, -0.25) is 4.39 Å². The number of alkyl halides is 1. The van der Waals surface area contributed by atoms with Crippen LogP contribution in [0.1, 0.15) is 19.4 Å².